The van der Waals surface area contributed by atoms with E-state index in [0.29, 0.717) is 0 Å². The van der Waals surface area contributed by atoms with Crippen molar-refractivity contribution in [2.24, 2.45) is 0 Å². The summed E-state index contributed by atoms with van der Waals surface area (Å²) >= 11 is 0. The van der Waals surface area contributed by atoms with E-state index in [1.807, 2.05) is 0 Å². The van der Waals surface area contributed by atoms with Crippen molar-refractivity contribution < 1.29 is 4.42 Å². The van der Waals surface area contributed by atoms with E-state index in [0.717, 1.165) is 38.9 Å². The molecule has 8 aromatic rings. The molecule has 2 heteroatoms. The Kier molecular flexibility index (Phi) is 6.28. The van der Waals surface area contributed by atoms with Gasteiger partial charge in [0.1, 0.15) is 5.58 Å². The minimum absolute atomic E-state index is 0.0122. The van der Waals surface area contributed by atoms with Gasteiger partial charge in [0, 0.05) is 16.5 Å². The number of para-hydroxylation sites is 1. The van der Waals surface area contributed by atoms with Crippen LogP contribution in [0.1, 0.15) is 80.5 Å². The van der Waals surface area contributed by atoms with Crippen LogP contribution in [0.3, 0.4) is 0 Å². The standard InChI is InChI=1S/C50H43NO/c1-29-13-12-17-39-45-34-15-9-8-14-30(34)25-44(47(45)52-46(29)39)51-33-21-24-38-35-16-10-11-18-40(35)50(43(38)28-33)41-26-31(48(2,3)4)19-22-36(41)37-23-20-32(27-42(37)50)49(5,6)7/h8-28,51H,1-7H3. The molecule has 0 bridgehead atoms. The number of rotatable bonds is 2. The van der Waals surface area contributed by atoms with Crippen LogP contribution in [0.4, 0.5) is 11.4 Å². The lowest BCUT2D eigenvalue weighted by Crippen LogP contribution is -2.27. The summed E-state index contributed by atoms with van der Waals surface area (Å²) < 4.78 is 6.75. The molecule has 2 aliphatic rings. The first-order chi connectivity index (χ1) is 24.9. The molecule has 7 aromatic carbocycles. The fraction of sp³-hybridized carbons (Fsp3) is 0.200. The molecule has 0 aliphatic heterocycles. The van der Waals surface area contributed by atoms with Crippen molar-refractivity contribution in [2.45, 2.75) is 64.7 Å². The van der Waals surface area contributed by atoms with E-state index in [1.165, 1.54) is 66.4 Å². The van der Waals surface area contributed by atoms with Crippen LogP contribution in [0.25, 0.3) is 55.0 Å². The molecule has 10 rings (SSSR count). The summed E-state index contributed by atoms with van der Waals surface area (Å²) in [6.07, 6.45) is 0. The van der Waals surface area contributed by atoms with E-state index >= 15 is 0 Å². The van der Waals surface area contributed by atoms with Crippen LogP contribution in [0, 0.1) is 6.92 Å². The van der Waals surface area contributed by atoms with Gasteiger partial charge in [-0.25, -0.2) is 0 Å². The third-order valence-corrected chi connectivity index (χ3v) is 11.9. The molecular formula is C50H43NO. The molecular weight excluding hydrogens is 631 g/mol. The zero-order valence-electron chi connectivity index (χ0n) is 31.0. The van der Waals surface area contributed by atoms with E-state index < -0.39 is 5.41 Å². The Morgan fingerprint density at radius 3 is 1.77 bits per heavy atom. The van der Waals surface area contributed by atoms with Crippen LogP contribution in [-0.4, -0.2) is 0 Å². The molecule has 1 aromatic heterocycles. The number of furan rings is 1. The lowest BCUT2D eigenvalue weighted by atomic mass is 9.68. The maximum atomic E-state index is 6.75. The number of nitrogens with one attached hydrogen (secondary N) is 1. The van der Waals surface area contributed by atoms with Crippen LogP contribution in [0.5, 0.6) is 0 Å². The van der Waals surface area contributed by atoms with Crippen molar-refractivity contribution in [3.05, 3.63) is 166 Å². The molecule has 1 spiro atoms. The number of fused-ring (bicyclic) bond motifs is 15. The average molecular weight is 674 g/mol. The number of hydrogen-bond acceptors (Lipinski definition) is 2. The summed E-state index contributed by atoms with van der Waals surface area (Å²) in [4.78, 5) is 0. The topological polar surface area (TPSA) is 25.2 Å². The molecule has 52 heavy (non-hydrogen) atoms. The van der Waals surface area contributed by atoms with E-state index in [9.17, 15) is 0 Å². The monoisotopic (exact) mass is 673 g/mol. The minimum atomic E-state index is -0.452. The maximum absolute atomic E-state index is 6.75. The molecule has 2 aliphatic carbocycles. The van der Waals surface area contributed by atoms with Crippen LogP contribution < -0.4 is 5.32 Å². The molecule has 2 nitrogen and oxygen atoms in total. The fourth-order valence-corrected chi connectivity index (χ4v) is 9.23. The number of hydrogen-bond donors (Lipinski definition) is 1. The summed E-state index contributed by atoms with van der Waals surface area (Å²) in [7, 11) is 0. The molecule has 0 amide bonds. The minimum Gasteiger partial charge on any atom is -0.454 e. The van der Waals surface area contributed by atoms with Crippen molar-refractivity contribution in [1.29, 1.82) is 0 Å². The summed E-state index contributed by atoms with van der Waals surface area (Å²) in [5.41, 5.74) is 18.0. The van der Waals surface area contributed by atoms with Crippen molar-refractivity contribution in [3.63, 3.8) is 0 Å². The van der Waals surface area contributed by atoms with Gasteiger partial charge in [0.15, 0.2) is 5.58 Å². The van der Waals surface area contributed by atoms with Gasteiger partial charge in [-0.15, -0.1) is 0 Å². The smallest absolute Gasteiger partial charge is 0.159 e. The van der Waals surface area contributed by atoms with E-state index in [-0.39, 0.29) is 10.8 Å². The zero-order valence-corrected chi connectivity index (χ0v) is 31.0. The Morgan fingerprint density at radius 2 is 1.08 bits per heavy atom. The normalized spacial score (nSPS) is 14.2. The van der Waals surface area contributed by atoms with Gasteiger partial charge < -0.3 is 9.73 Å². The van der Waals surface area contributed by atoms with E-state index in [2.05, 4.69) is 181 Å². The largest absolute Gasteiger partial charge is 0.454 e. The van der Waals surface area contributed by atoms with Gasteiger partial charge in [0.25, 0.3) is 0 Å². The van der Waals surface area contributed by atoms with Gasteiger partial charge in [-0.2, -0.15) is 0 Å². The molecule has 0 saturated carbocycles. The Balaban J connectivity index is 1.25. The molecule has 0 fully saturated rings. The first kappa shape index (κ1) is 31.2. The highest BCUT2D eigenvalue weighted by Crippen LogP contribution is 2.64. The van der Waals surface area contributed by atoms with Crippen molar-refractivity contribution in [2.75, 3.05) is 5.32 Å². The average Bonchev–Trinajstić information content (AvgIpc) is 3.76. The molecule has 0 unspecified atom stereocenters. The highest BCUT2D eigenvalue weighted by molar-refractivity contribution is 6.22. The van der Waals surface area contributed by atoms with Gasteiger partial charge in [-0.3, -0.25) is 0 Å². The predicted molar refractivity (Wildman–Crippen MR) is 219 cm³/mol. The zero-order chi connectivity index (χ0) is 35.7. The Morgan fingerprint density at radius 1 is 0.500 bits per heavy atom. The Bertz CT molecular complexity index is 2730. The molecule has 1 N–H and O–H groups in total. The Labute approximate surface area is 306 Å². The van der Waals surface area contributed by atoms with Gasteiger partial charge >= 0.3 is 0 Å². The second kappa shape index (κ2) is 10.5. The molecule has 1 heterocycles. The van der Waals surface area contributed by atoms with Gasteiger partial charge in [-0.1, -0.05) is 151 Å². The third kappa shape index (κ3) is 4.18. The summed E-state index contributed by atoms with van der Waals surface area (Å²) in [5.74, 6) is 0. The lowest BCUT2D eigenvalue weighted by molar-refractivity contribution is 0.586. The molecule has 0 atom stereocenters. The van der Waals surface area contributed by atoms with Gasteiger partial charge in [0.2, 0.25) is 0 Å². The quantitative estimate of drug-likeness (QED) is 0.198. The first-order valence-electron chi connectivity index (χ1n) is 18.6. The van der Waals surface area contributed by atoms with Gasteiger partial charge in [0.05, 0.1) is 11.1 Å². The summed E-state index contributed by atoms with van der Waals surface area (Å²) in [6.45, 7) is 16.1. The van der Waals surface area contributed by atoms with Crippen molar-refractivity contribution in [3.8, 4) is 22.3 Å². The van der Waals surface area contributed by atoms with Crippen molar-refractivity contribution in [1.82, 2.24) is 0 Å². The van der Waals surface area contributed by atoms with Crippen LogP contribution in [0.15, 0.2) is 132 Å². The maximum Gasteiger partial charge on any atom is 0.159 e. The van der Waals surface area contributed by atoms with E-state index in [1.54, 1.807) is 0 Å². The predicted octanol–water partition coefficient (Wildman–Crippen LogP) is 13.7. The summed E-state index contributed by atoms with van der Waals surface area (Å²) in [5, 5.41) is 8.62. The molecule has 0 saturated heterocycles. The molecule has 0 radical (unpaired) electrons. The highest BCUT2D eigenvalue weighted by atomic mass is 16.3. The summed E-state index contributed by atoms with van der Waals surface area (Å²) in [6, 6.07) is 48.0. The third-order valence-electron chi connectivity index (χ3n) is 11.9. The number of aryl methyl sites for hydroxylation is 1. The van der Waals surface area contributed by atoms with Crippen molar-refractivity contribution >= 4 is 44.1 Å². The SMILES string of the molecule is Cc1cccc2c1oc1c(Nc3ccc4c(c3)C3(c5ccccc5-4)c4cc(C(C)(C)C)ccc4-c4ccc(C(C)(C)C)cc43)cc3ccccc3c12. The van der Waals surface area contributed by atoms with Gasteiger partial charge in [-0.05, 0) is 108 Å². The van der Waals surface area contributed by atoms with Crippen LogP contribution in [-0.2, 0) is 16.2 Å². The van der Waals surface area contributed by atoms with Crippen LogP contribution >= 0.6 is 0 Å². The fourth-order valence-electron chi connectivity index (χ4n) is 9.23. The number of benzene rings is 7. The Hall–Kier alpha value is -5.60. The number of anilines is 2. The molecule has 254 valence electrons. The second-order valence-electron chi connectivity index (χ2n) is 17.1. The van der Waals surface area contributed by atoms with Crippen LogP contribution in [0.2, 0.25) is 0 Å². The second-order valence-corrected chi connectivity index (χ2v) is 17.1. The highest BCUT2D eigenvalue weighted by Gasteiger charge is 2.52. The first-order valence-corrected chi connectivity index (χ1v) is 18.6. The lowest BCUT2D eigenvalue weighted by Gasteiger charge is -2.33. The van der Waals surface area contributed by atoms with E-state index in [4.69, 9.17) is 4.42 Å².